The molecule has 0 aliphatic carbocycles. The predicted molar refractivity (Wildman–Crippen MR) is 113 cm³/mol. The number of rotatable bonds is 3. The Morgan fingerprint density at radius 3 is 2.48 bits per heavy atom. The second-order valence-electron chi connectivity index (χ2n) is 7.89. The van der Waals surface area contributed by atoms with Crippen LogP contribution in [0.1, 0.15) is 45.2 Å². The number of pyridine rings is 1. The molecule has 1 saturated heterocycles. The van der Waals surface area contributed by atoms with Crippen molar-refractivity contribution < 1.29 is 14.3 Å². The number of urea groups is 1. The van der Waals surface area contributed by atoms with Gasteiger partial charge in [0.2, 0.25) is 0 Å². The number of hydrogen-bond acceptors (Lipinski definition) is 4. The SMILES string of the molecule is CC(C)(C)OC(=O)N1CCCC1c1ccc(NC(=O)Nc2ccc(Cl)cn2)cc1. The van der Waals surface area contributed by atoms with Crippen LogP contribution in [0.5, 0.6) is 0 Å². The third-order valence-corrected chi connectivity index (χ3v) is 4.63. The number of benzene rings is 1. The molecule has 1 aliphatic rings. The Morgan fingerprint density at radius 1 is 1.14 bits per heavy atom. The van der Waals surface area contributed by atoms with Crippen molar-refractivity contribution in [3.63, 3.8) is 0 Å². The normalized spacial score (nSPS) is 16.4. The molecule has 2 N–H and O–H groups in total. The largest absolute Gasteiger partial charge is 0.444 e. The summed E-state index contributed by atoms with van der Waals surface area (Å²) in [6.45, 7) is 6.26. The lowest BCUT2D eigenvalue weighted by atomic mass is 10.0. The zero-order valence-corrected chi connectivity index (χ0v) is 17.5. The standard InChI is InChI=1S/C21H25ClN4O3/c1-21(2,3)29-20(28)26-12-4-5-17(26)14-6-9-16(10-7-14)24-19(27)25-18-11-8-15(22)13-23-18/h6-11,13,17H,4-5,12H2,1-3H3,(H2,23,24,25,27). The van der Waals surface area contributed by atoms with E-state index < -0.39 is 11.6 Å². The Balaban J connectivity index is 1.61. The van der Waals surface area contributed by atoms with E-state index in [4.69, 9.17) is 16.3 Å². The van der Waals surface area contributed by atoms with Crippen LogP contribution >= 0.6 is 11.6 Å². The van der Waals surface area contributed by atoms with Crippen molar-refractivity contribution in [3.8, 4) is 0 Å². The van der Waals surface area contributed by atoms with Crippen molar-refractivity contribution in [2.75, 3.05) is 17.2 Å². The van der Waals surface area contributed by atoms with Crippen molar-refractivity contribution in [3.05, 3.63) is 53.2 Å². The van der Waals surface area contributed by atoms with Crippen molar-refractivity contribution in [2.45, 2.75) is 45.3 Å². The van der Waals surface area contributed by atoms with Crippen LogP contribution in [0, 0.1) is 0 Å². The van der Waals surface area contributed by atoms with Crippen molar-refractivity contribution in [1.82, 2.24) is 9.88 Å². The van der Waals surface area contributed by atoms with Crippen molar-refractivity contribution in [2.24, 2.45) is 0 Å². The van der Waals surface area contributed by atoms with Gasteiger partial charge in [-0.05, 0) is 63.4 Å². The highest BCUT2D eigenvalue weighted by molar-refractivity contribution is 6.30. The summed E-state index contributed by atoms with van der Waals surface area (Å²) in [5, 5.41) is 5.90. The van der Waals surface area contributed by atoms with E-state index in [0.717, 1.165) is 18.4 Å². The number of nitrogens with zero attached hydrogens (tertiary/aromatic N) is 2. The Bertz CT molecular complexity index is 863. The van der Waals surface area contributed by atoms with Crippen LogP contribution in [0.3, 0.4) is 0 Å². The number of amides is 3. The van der Waals surface area contributed by atoms with E-state index >= 15 is 0 Å². The minimum Gasteiger partial charge on any atom is -0.444 e. The lowest BCUT2D eigenvalue weighted by molar-refractivity contribution is 0.0224. The van der Waals surface area contributed by atoms with Crippen LogP contribution in [0.2, 0.25) is 5.02 Å². The quantitative estimate of drug-likeness (QED) is 0.696. The zero-order valence-electron chi connectivity index (χ0n) is 16.7. The molecule has 1 atom stereocenters. The maximum Gasteiger partial charge on any atom is 0.410 e. The van der Waals surface area contributed by atoms with Crippen LogP contribution in [-0.2, 0) is 4.74 Å². The van der Waals surface area contributed by atoms with Gasteiger partial charge in [0.05, 0.1) is 11.1 Å². The number of likely N-dealkylation sites (tertiary alicyclic amines) is 1. The monoisotopic (exact) mass is 416 g/mol. The number of aromatic nitrogens is 1. The topological polar surface area (TPSA) is 83.6 Å². The van der Waals surface area contributed by atoms with Gasteiger partial charge in [0, 0.05) is 18.4 Å². The number of anilines is 2. The van der Waals surface area contributed by atoms with E-state index in [-0.39, 0.29) is 12.1 Å². The molecule has 154 valence electrons. The summed E-state index contributed by atoms with van der Waals surface area (Å²) in [5.41, 5.74) is 1.13. The summed E-state index contributed by atoms with van der Waals surface area (Å²) in [5.74, 6) is 0.405. The fraction of sp³-hybridized carbons (Fsp3) is 0.381. The molecule has 7 nitrogen and oxygen atoms in total. The molecule has 0 spiro atoms. The van der Waals surface area contributed by atoms with E-state index in [1.807, 2.05) is 45.0 Å². The minimum atomic E-state index is -0.524. The molecular weight excluding hydrogens is 392 g/mol. The molecule has 2 heterocycles. The van der Waals surface area contributed by atoms with Gasteiger partial charge in [-0.1, -0.05) is 23.7 Å². The lowest BCUT2D eigenvalue weighted by Crippen LogP contribution is -2.36. The predicted octanol–water partition coefficient (Wildman–Crippen LogP) is 5.45. The first kappa shape index (κ1) is 20.9. The summed E-state index contributed by atoms with van der Waals surface area (Å²) in [6.07, 6.45) is 2.98. The molecule has 0 saturated carbocycles. The van der Waals surface area contributed by atoms with Crippen molar-refractivity contribution >= 4 is 35.2 Å². The fourth-order valence-corrected chi connectivity index (χ4v) is 3.28. The number of hydrogen-bond donors (Lipinski definition) is 2. The van der Waals surface area contributed by atoms with E-state index in [0.29, 0.717) is 23.1 Å². The number of nitrogens with one attached hydrogen (secondary N) is 2. The Kier molecular flexibility index (Phi) is 6.27. The Morgan fingerprint density at radius 2 is 1.86 bits per heavy atom. The van der Waals surface area contributed by atoms with Gasteiger partial charge in [0.1, 0.15) is 11.4 Å². The Hall–Kier alpha value is -2.80. The summed E-state index contributed by atoms with van der Waals surface area (Å²) < 4.78 is 5.52. The highest BCUT2D eigenvalue weighted by Crippen LogP contribution is 2.33. The smallest absolute Gasteiger partial charge is 0.410 e. The molecule has 1 fully saturated rings. The molecule has 1 aromatic carbocycles. The molecule has 0 bridgehead atoms. The van der Waals surface area contributed by atoms with Crippen LogP contribution in [0.15, 0.2) is 42.6 Å². The van der Waals surface area contributed by atoms with E-state index in [1.165, 1.54) is 6.20 Å². The molecule has 1 aliphatic heterocycles. The molecule has 2 aromatic rings. The summed E-state index contributed by atoms with van der Waals surface area (Å²) in [7, 11) is 0. The summed E-state index contributed by atoms with van der Waals surface area (Å²) >= 11 is 5.78. The molecule has 3 rings (SSSR count). The molecule has 0 radical (unpaired) electrons. The van der Waals surface area contributed by atoms with Crippen molar-refractivity contribution in [1.29, 1.82) is 0 Å². The van der Waals surface area contributed by atoms with Gasteiger partial charge in [0.25, 0.3) is 0 Å². The van der Waals surface area contributed by atoms with E-state index in [1.54, 1.807) is 17.0 Å². The van der Waals surface area contributed by atoms with Crippen LogP contribution in [0.25, 0.3) is 0 Å². The maximum absolute atomic E-state index is 12.5. The first-order valence-corrected chi connectivity index (χ1v) is 9.88. The summed E-state index contributed by atoms with van der Waals surface area (Å²) in [4.78, 5) is 30.4. The van der Waals surface area contributed by atoms with Gasteiger partial charge >= 0.3 is 12.1 Å². The molecule has 3 amide bonds. The highest BCUT2D eigenvalue weighted by Gasteiger charge is 2.33. The van der Waals surface area contributed by atoms with E-state index in [9.17, 15) is 9.59 Å². The summed E-state index contributed by atoms with van der Waals surface area (Å²) in [6, 6.07) is 10.3. The van der Waals surface area contributed by atoms with Gasteiger partial charge in [-0.3, -0.25) is 5.32 Å². The number of carbonyl (C=O) groups excluding carboxylic acids is 2. The second-order valence-corrected chi connectivity index (χ2v) is 8.33. The number of carbonyl (C=O) groups is 2. The van der Waals surface area contributed by atoms with Crippen LogP contribution < -0.4 is 10.6 Å². The molecule has 8 heteroatoms. The van der Waals surface area contributed by atoms with Crippen LogP contribution in [0.4, 0.5) is 21.1 Å². The molecule has 29 heavy (non-hydrogen) atoms. The third kappa shape index (κ3) is 5.84. The van der Waals surface area contributed by atoms with Gasteiger partial charge < -0.3 is 15.0 Å². The zero-order chi connectivity index (χ0) is 21.0. The highest BCUT2D eigenvalue weighted by atomic mass is 35.5. The minimum absolute atomic E-state index is 0.0222. The number of halogens is 1. The molecule has 1 aromatic heterocycles. The van der Waals surface area contributed by atoms with Gasteiger partial charge in [-0.15, -0.1) is 0 Å². The third-order valence-electron chi connectivity index (χ3n) is 4.40. The first-order chi connectivity index (χ1) is 13.7. The van der Waals surface area contributed by atoms with E-state index in [2.05, 4.69) is 15.6 Å². The fourth-order valence-electron chi connectivity index (χ4n) is 3.17. The maximum atomic E-state index is 12.5. The van der Waals surface area contributed by atoms with Gasteiger partial charge in [-0.25, -0.2) is 14.6 Å². The van der Waals surface area contributed by atoms with Gasteiger partial charge in [0.15, 0.2) is 0 Å². The average molecular weight is 417 g/mol. The molecular formula is C21H25ClN4O3. The Labute approximate surface area is 175 Å². The van der Waals surface area contributed by atoms with Crippen LogP contribution in [-0.4, -0.2) is 34.2 Å². The van der Waals surface area contributed by atoms with Gasteiger partial charge in [-0.2, -0.15) is 0 Å². The molecule has 1 unspecified atom stereocenters. The first-order valence-electron chi connectivity index (χ1n) is 9.50. The second kappa shape index (κ2) is 8.69. The number of ether oxygens (including phenoxy) is 1. The average Bonchev–Trinajstić information content (AvgIpc) is 3.13. The lowest BCUT2D eigenvalue weighted by Gasteiger charge is -2.29.